The van der Waals surface area contributed by atoms with Gasteiger partial charge in [-0.2, -0.15) is 0 Å². The number of rotatable bonds is 4. The summed E-state index contributed by atoms with van der Waals surface area (Å²) in [5.74, 6) is 0. The molecule has 0 amide bonds. The van der Waals surface area contributed by atoms with Crippen molar-refractivity contribution < 1.29 is 21.3 Å². The fraction of sp³-hybridized carbons (Fsp3) is 0.383. The molecule has 0 bridgehead atoms. The second-order valence-electron chi connectivity index (χ2n) is 18.5. The van der Waals surface area contributed by atoms with Gasteiger partial charge in [-0.3, -0.25) is 0 Å². The summed E-state index contributed by atoms with van der Waals surface area (Å²) < 4.78 is 4.61. The molecular weight excluding hydrogens is 816 g/mol. The summed E-state index contributed by atoms with van der Waals surface area (Å²) in [5.41, 5.74) is 14.8. The first-order valence-electron chi connectivity index (χ1n) is 18.2. The predicted octanol–water partition coefficient (Wildman–Crippen LogP) is 14.3. The Kier molecular flexibility index (Phi) is 10.2. The van der Waals surface area contributed by atoms with Crippen LogP contribution in [0, 0.1) is 0 Å². The number of allylic oxidation sites excluding steroid dienone is 4. The van der Waals surface area contributed by atoms with Crippen LogP contribution >= 0.6 is 31.9 Å². The Morgan fingerprint density at radius 2 is 0.800 bits per heavy atom. The van der Waals surface area contributed by atoms with Gasteiger partial charge in [-0.25, -0.2) is 0 Å². The monoisotopic (exact) mass is 866 g/mol. The molecule has 50 heavy (non-hydrogen) atoms. The van der Waals surface area contributed by atoms with Gasteiger partial charge in [0.05, 0.1) is 0 Å². The molecule has 0 atom stereocenters. The van der Waals surface area contributed by atoms with Crippen molar-refractivity contribution in [2.75, 3.05) is 0 Å². The molecule has 0 heterocycles. The van der Waals surface area contributed by atoms with Crippen LogP contribution in [0.3, 0.4) is 0 Å². The van der Waals surface area contributed by atoms with Crippen molar-refractivity contribution in [1.82, 2.24) is 0 Å². The van der Waals surface area contributed by atoms with Crippen LogP contribution < -0.4 is 0 Å². The van der Waals surface area contributed by atoms with Crippen molar-refractivity contribution in [1.29, 1.82) is 0 Å². The summed E-state index contributed by atoms with van der Waals surface area (Å²) in [4.78, 5) is 0. The first-order valence-corrected chi connectivity index (χ1v) is 23.8. The average molecular weight is 870 g/mol. The van der Waals surface area contributed by atoms with Crippen molar-refractivity contribution in [2.24, 2.45) is 0 Å². The van der Waals surface area contributed by atoms with Gasteiger partial charge in [-0.15, -0.1) is 0 Å². The Morgan fingerprint density at radius 1 is 0.480 bits per heavy atom. The van der Waals surface area contributed by atoms with Gasteiger partial charge in [0.15, 0.2) is 0 Å². The molecule has 0 aliphatic heterocycles. The molecule has 3 heteroatoms. The molecule has 4 aromatic carbocycles. The summed E-state index contributed by atoms with van der Waals surface area (Å²) in [5, 5.41) is 0. The van der Waals surface area contributed by atoms with Gasteiger partial charge in [0, 0.05) is 0 Å². The molecule has 0 fully saturated rings. The van der Waals surface area contributed by atoms with Gasteiger partial charge in [-0.05, 0) is 0 Å². The van der Waals surface area contributed by atoms with Crippen LogP contribution in [-0.4, -0.2) is 3.21 Å². The topological polar surface area (TPSA) is 0 Å². The molecule has 0 unspecified atom stereocenters. The van der Waals surface area contributed by atoms with Crippen LogP contribution in [0.1, 0.15) is 131 Å². The van der Waals surface area contributed by atoms with Crippen molar-refractivity contribution in [3.05, 3.63) is 151 Å². The van der Waals surface area contributed by atoms with Crippen LogP contribution in [0.4, 0.5) is 0 Å². The summed E-state index contributed by atoms with van der Waals surface area (Å²) in [6, 6.07) is 28.9. The van der Waals surface area contributed by atoms with E-state index in [0.717, 1.165) is 8.95 Å². The molecule has 0 aromatic heterocycles. The Balaban J connectivity index is 1.84. The second kappa shape index (κ2) is 13.5. The Morgan fingerprint density at radius 3 is 1.12 bits per heavy atom. The minimum atomic E-state index is -2.85. The molecule has 0 spiro atoms. The third kappa shape index (κ3) is 7.32. The van der Waals surface area contributed by atoms with E-state index in [1.807, 2.05) is 0 Å². The third-order valence-corrected chi connectivity index (χ3v) is 20.2. The van der Waals surface area contributed by atoms with Crippen LogP contribution in [0.15, 0.2) is 106 Å². The normalized spacial score (nSPS) is 15.1. The number of halogens is 2. The minimum absolute atomic E-state index is 0.0186. The molecule has 0 nitrogen and oxygen atoms in total. The summed E-state index contributed by atoms with van der Waals surface area (Å²) in [7, 11) is 0. The maximum absolute atomic E-state index is 3.75. The van der Waals surface area contributed by atoms with Gasteiger partial charge >= 0.3 is 330 Å². The van der Waals surface area contributed by atoms with Crippen molar-refractivity contribution in [2.45, 2.75) is 112 Å². The number of fused-ring (bicyclic) bond motifs is 3. The summed E-state index contributed by atoms with van der Waals surface area (Å²) in [6.07, 6.45) is 9.64. The SMILES string of the molecule is CC(C)(C)c1cc2c(cc1C(C)(C)C)[CH]([Zr](=[C](c1ccc(Br)cc1)c1ccc(Br)cc1)[CH]1C=CC=C1)c1cc(C(C)(C)C)c(C(C)(C)C)cc1-2. The van der Waals surface area contributed by atoms with E-state index >= 15 is 0 Å². The fourth-order valence-corrected chi connectivity index (χ4v) is 17.9. The van der Waals surface area contributed by atoms with Crippen LogP contribution in [0.5, 0.6) is 0 Å². The van der Waals surface area contributed by atoms with E-state index < -0.39 is 21.3 Å². The average Bonchev–Trinajstić information content (AvgIpc) is 3.65. The van der Waals surface area contributed by atoms with E-state index in [0.29, 0.717) is 7.25 Å². The first-order chi connectivity index (χ1) is 23.2. The molecule has 0 saturated carbocycles. The van der Waals surface area contributed by atoms with E-state index in [4.69, 9.17) is 0 Å². The Hall–Kier alpha value is -1.93. The van der Waals surface area contributed by atoms with Gasteiger partial charge in [0.2, 0.25) is 0 Å². The van der Waals surface area contributed by atoms with Gasteiger partial charge < -0.3 is 0 Å². The van der Waals surface area contributed by atoms with E-state index in [2.05, 4.69) is 212 Å². The molecule has 4 aromatic rings. The Bertz CT molecular complexity index is 1890. The maximum atomic E-state index is 3.75. The fourth-order valence-electron chi connectivity index (χ4n) is 8.04. The van der Waals surface area contributed by atoms with Crippen LogP contribution in [0.2, 0.25) is 3.63 Å². The van der Waals surface area contributed by atoms with E-state index in [1.54, 1.807) is 14.3 Å². The molecule has 0 radical (unpaired) electrons. The zero-order valence-corrected chi connectivity index (χ0v) is 37.8. The summed E-state index contributed by atoms with van der Waals surface area (Å²) in [6.45, 7) is 28.8. The molecule has 6 rings (SSSR count). The third-order valence-electron chi connectivity index (χ3n) is 10.5. The van der Waals surface area contributed by atoms with E-state index in [-0.39, 0.29) is 21.7 Å². The van der Waals surface area contributed by atoms with Crippen LogP contribution in [0.25, 0.3) is 11.1 Å². The van der Waals surface area contributed by atoms with E-state index in [1.165, 1.54) is 44.5 Å². The zero-order valence-electron chi connectivity index (χ0n) is 32.1. The summed E-state index contributed by atoms with van der Waals surface area (Å²) >= 11 is 4.65. The standard InChI is InChI=1S/C29H41.C13H8Br2.C5H5.Zr/c1-26(2,3)22-14-18-13-19-15-23(27(4,5)6)25(29(10,11)12)17-21(19)20(18)16-24(22)28(7,8)9;14-12-5-1-10(2-6-12)9-11-3-7-13(15)8-4-11;1-2-4-5-3-1;/h13-17H,1-12H3;1-8H;1-5H;. The van der Waals surface area contributed by atoms with Crippen molar-refractivity contribution in [3.8, 4) is 11.1 Å². The number of hydrogen-bond donors (Lipinski definition) is 0. The second-order valence-corrected chi connectivity index (χ2v) is 26.9. The van der Waals surface area contributed by atoms with Gasteiger partial charge in [0.25, 0.3) is 0 Å². The molecule has 0 saturated heterocycles. The Labute approximate surface area is 327 Å². The predicted molar refractivity (Wildman–Crippen MR) is 222 cm³/mol. The molecule has 260 valence electrons. The molecule has 2 aliphatic rings. The van der Waals surface area contributed by atoms with Crippen molar-refractivity contribution >= 4 is 35.1 Å². The molecule has 2 aliphatic carbocycles. The van der Waals surface area contributed by atoms with Crippen LogP contribution in [-0.2, 0) is 42.9 Å². The zero-order chi connectivity index (χ0) is 36.6. The number of benzene rings is 4. The number of hydrogen-bond acceptors (Lipinski definition) is 0. The van der Waals surface area contributed by atoms with Crippen molar-refractivity contribution in [3.63, 3.8) is 0 Å². The molecular formula is C47H54Br2Zr. The van der Waals surface area contributed by atoms with E-state index in [9.17, 15) is 0 Å². The first kappa shape index (κ1) is 37.8. The van der Waals surface area contributed by atoms with Gasteiger partial charge in [-0.1, -0.05) is 0 Å². The van der Waals surface area contributed by atoms with Gasteiger partial charge in [0.1, 0.15) is 0 Å². The molecule has 0 N–H and O–H groups in total. The quantitative estimate of drug-likeness (QED) is 0.192.